The largest absolute Gasteiger partial charge is 0.309 e. The Kier molecular flexibility index (Phi) is 7.31. The standard InChI is InChI=1S/C17H34N2.ClH/c1-15-13-19(12-8-11-18(3)4)14-16(2)17(15)9-6-5-7-10-17;/h15-16H,5-14H2,1-4H3;1H. The quantitative estimate of drug-likeness (QED) is 0.777. The zero-order chi connectivity index (χ0) is 13.9. The lowest BCUT2D eigenvalue weighted by Crippen LogP contribution is -2.52. The summed E-state index contributed by atoms with van der Waals surface area (Å²) in [5.74, 6) is 1.80. The number of rotatable bonds is 4. The maximum absolute atomic E-state index is 2.73. The number of hydrogen-bond acceptors (Lipinski definition) is 2. The number of halogens is 1. The summed E-state index contributed by atoms with van der Waals surface area (Å²) in [5, 5.41) is 0. The van der Waals surface area contributed by atoms with Crippen molar-refractivity contribution in [3.05, 3.63) is 0 Å². The first-order valence-electron chi connectivity index (χ1n) is 8.41. The predicted octanol–water partition coefficient (Wildman–Crippen LogP) is 3.90. The molecule has 0 aromatic carbocycles. The van der Waals surface area contributed by atoms with Crippen molar-refractivity contribution in [3.63, 3.8) is 0 Å². The highest BCUT2D eigenvalue weighted by molar-refractivity contribution is 5.85. The van der Waals surface area contributed by atoms with Crippen LogP contribution >= 0.6 is 12.4 Å². The Morgan fingerprint density at radius 2 is 1.55 bits per heavy atom. The third-order valence-electron chi connectivity index (χ3n) is 5.89. The molecule has 1 saturated carbocycles. The van der Waals surface area contributed by atoms with Gasteiger partial charge in [-0.25, -0.2) is 0 Å². The maximum Gasteiger partial charge on any atom is 0.00126 e. The average molecular weight is 303 g/mol. The van der Waals surface area contributed by atoms with Crippen LogP contribution < -0.4 is 0 Å². The minimum absolute atomic E-state index is 0. The molecule has 0 bridgehead atoms. The van der Waals surface area contributed by atoms with Gasteiger partial charge in [-0.2, -0.15) is 0 Å². The molecule has 120 valence electrons. The van der Waals surface area contributed by atoms with Crippen LogP contribution in [0.25, 0.3) is 0 Å². The van der Waals surface area contributed by atoms with E-state index in [4.69, 9.17) is 0 Å². The topological polar surface area (TPSA) is 6.48 Å². The Labute approximate surface area is 132 Å². The SMILES string of the molecule is CC1CN(CCCN(C)C)CC(C)C12CCCCC2.Cl. The van der Waals surface area contributed by atoms with E-state index < -0.39 is 0 Å². The fraction of sp³-hybridized carbons (Fsp3) is 1.00. The molecule has 2 unspecified atom stereocenters. The van der Waals surface area contributed by atoms with Gasteiger partial charge < -0.3 is 9.80 Å². The number of nitrogens with zero attached hydrogens (tertiary/aromatic N) is 2. The van der Waals surface area contributed by atoms with Crippen molar-refractivity contribution in [2.75, 3.05) is 40.3 Å². The first-order valence-corrected chi connectivity index (χ1v) is 8.41. The van der Waals surface area contributed by atoms with E-state index in [9.17, 15) is 0 Å². The summed E-state index contributed by atoms with van der Waals surface area (Å²) in [5.41, 5.74) is 0.691. The van der Waals surface area contributed by atoms with Crippen LogP contribution in [0.2, 0.25) is 0 Å². The van der Waals surface area contributed by atoms with Crippen molar-refractivity contribution in [2.24, 2.45) is 17.3 Å². The normalized spacial score (nSPS) is 30.4. The summed E-state index contributed by atoms with van der Waals surface area (Å²) in [6.07, 6.45) is 8.76. The third kappa shape index (κ3) is 4.11. The Morgan fingerprint density at radius 1 is 1.00 bits per heavy atom. The zero-order valence-electron chi connectivity index (χ0n) is 14.0. The smallest absolute Gasteiger partial charge is 0.00126 e. The molecule has 3 heteroatoms. The van der Waals surface area contributed by atoms with Crippen LogP contribution in [0.15, 0.2) is 0 Å². The lowest BCUT2D eigenvalue weighted by molar-refractivity contribution is -0.0387. The van der Waals surface area contributed by atoms with E-state index >= 15 is 0 Å². The minimum Gasteiger partial charge on any atom is -0.309 e. The molecule has 2 atom stereocenters. The Morgan fingerprint density at radius 3 is 2.05 bits per heavy atom. The lowest BCUT2D eigenvalue weighted by Gasteiger charge is -2.53. The van der Waals surface area contributed by atoms with Gasteiger partial charge in [0.15, 0.2) is 0 Å². The second-order valence-corrected chi connectivity index (χ2v) is 7.51. The third-order valence-corrected chi connectivity index (χ3v) is 5.89. The van der Waals surface area contributed by atoms with Crippen molar-refractivity contribution in [2.45, 2.75) is 52.4 Å². The van der Waals surface area contributed by atoms with Gasteiger partial charge in [0, 0.05) is 13.1 Å². The molecule has 0 aromatic rings. The van der Waals surface area contributed by atoms with Gasteiger partial charge >= 0.3 is 0 Å². The van der Waals surface area contributed by atoms with Crippen LogP contribution in [-0.4, -0.2) is 50.1 Å². The fourth-order valence-corrected chi connectivity index (χ4v) is 4.69. The molecule has 0 N–H and O–H groups in total. The van der Waals surface area contributed by atoms with Gasteiger partial charge in [-0.1, -0.05) is 33.1 Å². The summed E-state index contributed by atoms with van der Waals surface area (Å²) in [4.78, 5) is 5.04. The molecule has 1 spiro atoms. The second-order valence-electron chi connectivity index (χ2n) is 7.51. The van der Waals surface area contributed by atoms with Crippen molar-refractivity contribution < 1.29 is 0 Å². The van der Waals surface area contributed by atoms with E-state index in [-0.39, 0.29) is 12.4 Å². The van der Waals surface area contributed by atoms with Crippen LogP contribution in [0.5, 0.6) is 0 Å². The molecule has 0 radical (unpaired) electrons. The molecule has 1 aliphatic carbocycles. The first-order chi connectivity index (χ1) is 9.04. The molecular formula is C17H35ClN2. The molecule has 2 nitrogen and oxygen atoms in total. The van der Waals surface area contributed by atoms with Crippen LogP contribution in [0.3, 0.4) is 0 Å². The number of piperidine rings is 1. The van der Waals surface area contributed by atoms with Gasteiger partial charge in [-0.05, 0) is 63.7 Å². The molecule has 1 heterocycles. The maximum atomic E-state index is 2.73. The van der Waals surface area contributed by atoms with Crippen molar-refractivity contribution in [3.8, 4) is 0 Å². The van der Waals surface area contributed by atoms with Crippen molar-refractivity contribution >= 4 is 12.4 Å². The summed E-state index contributed by atoms with van der Waals surface area (Å²) in [6, 6.07) is 0. The summed E-state index contributed by atoms with van der Waals surface area (Å²) in [7, 11) is 4.36. The van der Waals surface area contributed by atoms with Crippen LogP contribution in [0.1, 0.15) is 52.4 Å². The molecule has 1 saturated heterocycles. The second kappa shape index (κ2) is 8.00. The van der Waals surface area contributed by atoms with Gasteiger partial charge in [0.25, 0.3) is 0 Å². The van der Waals surface area contributed by atoms with Crippen LogP contribution in [0, 0.1) is 17.3 Å². The van der Waals surface area contributed by atoms with E-state index in [1.54, 1.807) is 0 Å². The van der Waals surface area contributed by atoms with Gasteiger partial charge in [-0.3, -0.25) is 0 Å². The predicted molar refractivity (Wildman–Crippen MR) is 90.7 cm³/mol. The Hall–Kier alpha value is 0.210. The van der Waals surface area contributed by atoms with Crippen LogP contribution in [0.4, 0.5) is 0 Å². The highest BCUT2D eigenvalue weighted by Gasteiger charge is 2.45. The van der Waals surface area contributed by atoms with E-state index in [2.05, 4.69) is 37.7 Å². The zero-order valence-corrected chi connectivity index (χ0v) is 14.8. The average Bonchev–Trinajstić information content (AvgIpc) is 2.37. The summed E-state index contributed by atoms with van der Waals surface area (Å²) >= 11 is 0. The molecule has 2 aliphatic rings. The molecule has 0 amide bonds. The van der Waals surface area contributed by atoms with E-state index in [1.165, 1.54) is 64.7 Å². The molecule has 20 heavy (non-hydrogen) atoms. The van der Waals surface area contributed by atoms with Crippen molar-refractivity contribution in [1.29, 1.82) is 0 Å². The first kappa shape index (κ1) is 18.3. The Bertz CT molecular complexity index is 260. The van der Waals surface area contributed by atoms with E-state index in [0.717, 1.165) is 11.8 Å². The molecule has 1 aliphatic heterocycles. The number of hydrogen-bond donors (Lipinski definition) is 0. The molecule has 2 rings (SSSR count). The lowest BCUT2D eigenvalue weighted by atomic mass is 9.58. The van der Waals surface area contributed by atoms with Gasteiger partial charge in [-0.15, -0.1) is 12.4 Å². The highest BCUT2D eigenvalue weighted by Crippen LogP contribution is 2.50. The summed E-state index contributed by atoms with van der Waals surface area (Å²) in [6.45, 7) is 10.3. The van der Waals surface area contributed by atoms with Crippen molar-refractivity contribution in [1.82, 2.24) is 9.80 Å². The summed E-state index contributed by atoms with van der Waals surface area (Å²) < 4.78 is 0. The monoisotopic (exact) mass is 302 g/mol. The van der Waals surface area contributed by atoms with Gasteiger partial charge in [0.2, 0.25) is 0 Å². The van der Waals surface area contributed by atoms with Gasteiger partial charge in [0.1, 0.15) is 0 Å². The van der Waals surface area contributed by atoms with Crippen LogP contribution in [-0.2, 0) is 0 Å². The highest BCUT2D eigenvalue weighted by atomic mass is 35.5. The number of likely N-dealkylation sites (tertiary alicyclic amines) is 1. The van der Waals surface area contributed by atoms with Gasteiger partial charge in [0.05, 0.1) is 0 Å². The minimum atomic E-state index is 0. The van der Waals surface area contributed by atoms with E-state index in [1.807, 2.05) is 0 Å². The fourth-order valence-electron chi connectivity index (χ4n) is 4.69. The Balaban J connectivity index is 0.00000200. The molecular weight excluding hydrogens is 268 g/mol. The molecule has 0 aromatic heterocycles. The molecule has 2 fully saturated rings. The van der Waals surface area contributed by atoms with E-state index in [0.29, 0.717) is 5.41 Å².